The normalized spacial score (nSPS) is 18.4. The highest BCUT2D eigenvalue weighted by atomic mass is 16.4. The number of urea groups is 1. The molecule has 0 heterocycles. The molecular weight excluding hydrogens is 320 g/mol. The van der Waals surface area contributed by atoms with Gasteiger partial charge in [0.15, 0.2) is 0 Å². The molecule has 25 heavy (non-hydrogen) atoms. The van der Waals surface area contributed by atoms with Crippen molar-refractivity contribution in [3.05, 3.63) is 70.8 Å². The van der Waals surface area contributed by atoms with Crippen LogP contribution in [0.2, 0.25) is 0 Å². The molecule has 6 heteroatoms. The van der Waals surface area contributed by atoms with E-state index in [0.29, 0.717) is 6.42 Å². The lowest BCUT2D eigenvalue weighted by Crippen LogP contribution is -2.43. The number of aliphatic hydroxyl groups is 1. The van der Waals surface area contributed by atoms with E-state index in [1.54, 1.807) is 12.1 Å². The zero-order valence-electron chi connectivity index (χ0n) is 13.7. The second-order valence-corrected chi connectivity index (χ2v) is 6.23. The summed E-state index contributed by atoms with van der Waals surface area (Å²) >= 11 is 0. The van der Waals surface area contributed by atoms with Crippen LogP contribution in [0.15, 0.2) is 48.5 Å². The number of carbonyl (C=O) groups excluding carboxylic acids is 1. The molecule has 0 fully saturated rings. The molecule has 0 aromatic heterocycles. The molecule has 130 valence electrons. The molecule has 6 nitrogen and oxygen atoms in total. The monoisotopic (exact) mass is 340 g/mol. The van der Waals surface area contributed by atoms with Crippen molar-refractivity contribution in [3.63, 3.8) is 0 Å². The molecule has 0 spiro atoms. The Labute approximate surface area is 145 Å². The van der Waals surface area contributed by atoms with Crippen LogP contribution in [0, 0.1) is 0 Å². The van der Waals surface area contributed by atoms with Gasteiger partial charge >= 0.3 is 12.0 Å². The Morgan fingerprint density at radius 3 is 2.48 bits per heavy atom. The number of hydrogen-bond acceptors (Lipinski definition) is 3. The van der Waals surface area contributed by atoms with E-state index in [0.717, 1.165) is 23.1 Å². The molecule has 0 saturated heterocycles. The minimum atomic E-state index is -1.03. The molecule has 1 aliphatic carbocycles. The predicted octanol–water partition coefficient (Wildman–Crippen LogP) is 2.02. The minimum Gasteiger partial charge on any atom is -0.478 e. The molecule has 2 aromatic carbocycles. The number of rotatable bonds is 5. The van der Waals surface area contributed by atoms with E-state index in [2.05, 4.69) is 10.6 Å². The highest BCUT2D eigenvalue weighted by Gasteiger charge is 2.36. The van der Waals surface area contributed by atoms with Crippen molar-refractivity contribution in [2.45, 2.75) is 25.0 Å². The van der Waals surface area contributed by atoms with Gasteiger partial charge in [0.25, 0.3) is 0 Å². The van der Waals surface area contributed by atoms with E-state index in [9.17, 15) is 14.7 Å². The Morgan fingerprint density at radius 2 is 1.76 bits per heavy atom. The summed E-state index contributed by atoms with van der Waals surface area (Å²) in [5.74, 6) is -0.984. The highest BCUT2D eigenvalue weighted by molar-refractivity contribution is 5.87. The fourth-order valence-electron chi connectivity index (χ4n) is 3.09. The van der Waals surface area contributed by atoms with Gasteiger partial charge in [0.05, 0.1) is 12.1 Å². The zero-order valence-corrected chi connectivity index (χ0v) is 13.7. The first-order valence-electron chi connectivity index (χ1n) is 8.13. The van der Waals surface area contributed by atoms with Crippen LogP contribution in [0.25, 0.3) is 0 Å². The molecule has 1 unspecified atom stereocenters. The molecule has 1 atom stereocenters. The fraction of sp³-hybridized carbons (Fsp3) is 0.263. The average molecular weight is 340 g/mol. The van der Waals surface area contributed by atoms with Crippen LogP contribution in [0.1, 0.15) is 33.5 Å². The van der Waals surface area contributed by atoms with Crippen molar-refractivity contribution in [1.82, 2.24) is 10.6 Å². The average Bonchev–Trinajstić information content (AvgIpc) is 2.96. The number of carbonyl (C=O) groups is 2. The molecule has 2 aromatic rings. The third-order valence-corrected chi connectivity index (χ3v) is 4.52. The molecule has 0 aliphatic heterocycles. The fourth-order valence-corrected chi connectivity index (χ4v) is 3.09. The minimum absolute atomic E-state index is 0.147. The largest absolute Gasteiger partial charge is 0.478 e. The first kappa shape index (κ1) is 17.0. The molecule has 1 aliphatic rings. The van der Waals surface area contributed by atoms with Crippen molar-refractivity contribution >= 4 is 12.0 Å². The Balaban J connectivity index is 1.51. The van der Waals surface area contributed by atoms with Crippen LogP contribution in [-0.4, -0.2) is 28.8 Å². The van der Waals surface area contributed by atoms with E-state index in [4.69, 9.17) is 5.11 Å². The number of nitrogens with one attached hydrogen (secondary N) is 2. The van der Waals surface area contributed by atoms with Gasteiger partial charge in [-0.15, -0.1) is 0 Å². The summed E-state index contributed by atoms with van der Waals surface area (Å²) in [5.41, 5.74) is 1.96. The second kappa shape index (κ2) is 6.94. The lowest BCUT2D eigenvalue weighted by atomic mass is 9.96. The van der Waals surface area contributed by atoms with Gasteiger partial charge in [-0.3, -0.25) is 0 Å². The van der Waals surface area contributed by atoms with Gasteiger partial charge in [-0.25, -0.2) is 9.59 Å². The van der Waals surface area contributed by atoms with Crippen LogP contribution < -0.4 is 10.6 Å². The topological polar surface area (TPSA) is 98.7 Å². The van der Waals surface area contributed by atoms with Crippen LogP contribution in [0.5, 0.6) is 0 Å². The number of amides is 2. The number of carboxylic acid groups (broad SMARTS) is 1. The Bertz CT molecular complexity index is 788. The third kappa shape index (κ3) is 3.80. The van der Waals surface area contributed by atoms with Gasteiger partial charge in [-0.05, 0) is 41.7 Å². The van der Waals surface area contributed by atoms with Crippen LogP contribution in [0.4, 0.5) is 4.79 Å². The summed E-state index contributed by atoms with van der Waals surface area (Å²) in [6.45, 7) is 0.425. The van der Waals surface area contributed by atoms with Crippen molar-refractivity contribution in [3.8, 4) is 0 Å². The van der Waals surface area contributed by atoms with E-state index in [1.165, 1.54) is 12.1 Å². The van der Waals surface area contributed by atoms with Crippen LogP contribution >= 0.6 is 0 Å². The summed E-state index contributed by atoms with van der Waals surface area (Å²) in [4.78, 5) is 22.8. The Morgan fingerprint density at radius 1 is 1.04 bits per heavy atom. The zero-order chi connectivity index (χ0) is 17.9. The number of aryl methyl sites for hydroxylation is 1. The smallest absolute Gasteiger partial charge is 0.335 e. The first-order valence-corrected chi connectivity index (χ1v) is 8.13. The molecular formula is C19H20N2O4. The number of carboxylic acids is 1. The van der Waals surface area contributed by atoms with Gasteiger partial charge in [0, 0.05) is 6.54 Å². The van der Waals surface area contributed by atoms with Gasteiger partial charge in [0.1, 0.15) is 5.60 Å². The summed E-state index contributed by atoms with van der Waals surface area (Å²) in [6.07, 6.45) is 1.38. The van der Waals surface area contributed by atoms with Gasteiger partial charge in [0.2, 0.25) is 0 Å². The quantitative estimate of drug-likeness (QED) is 0.669. The van der Waals surface area contributed by atoms with Gasteiger partial charge in [-0.1, -0.05) is 36.4 Å². The van der Waals surface area contributed by atoms with Crippen LogP contribution in [-0.2, 0) is 18.6 Å². The lowest BCUT2D eigenvalue weighted by Gasteiger charge is -2.24. The maximum absolute atomic E-state index is 12.0. The van der Waals surface area contributed by atoms with E-state index < -0.39 is 11.6 Å². The van der Waals surface area contributed by atoms with Crippen molar-refractivity contribution in [2.75, 3.05) is 6.54 Å². The molecule has 0 radical (unpaired) electrons. The summed E-state index contributed by atoms with van der Waals surface area (Å²) in [7, 11) is 0. The number of fused-ring (bicyclic) bond motifs is 1. The highest BCUT2D eigenvalue weighted by Crippen LogP contribution is 2.36. The standard InChI is InChI=1S/C19H20N2O4/c22-17(23)15-7-5-13(6-8-15)11-20-18(24)21-12-19(25)10-9-14-3-1-2-4-16(14)19/h1-8,25H,9-12H2,(H,22,23)(H2,20,21,24). The Hall–Kier alpha value is -2.86. The summed E-state index contributed by atoms with van der Waals surface area (Å²) in [5, 5.41) is 25.0. The second-order valence-electron chi connectivity index (χ2n) is 6.23. The molecule has 3 rings (SSSR count). The predicted molar refractivity (Wildman–Crippen MR) is 92.3 cm³/mol. The lowest BCUT2D eigenvalue weighted by molar-refractivity contribution is 0.0412. The Kier molecular flexibility index (Phi) is 4.72. The first-order chi connectivity index (χ1) is 12.0. The van der Waals surface area contributed by atoms with E-state index in [1.807, 2.05) is 24.3 Å². The van der Waals surface area contributed by atoms with Gasteiger partial charge < -0.3 is 20.8 Å². The number of benzene rings is 2. The van der Waals surface area contributed by atoms with Crippen LogP contribution in [0.3, 0.4) is 0 Å². The summed E-state index contributed by atoms with van der Waals surface area (Å²) < 4.78 is 0. The van der Waals surface area contributed by atoms with Crippen molar-refractivity contribution in [2.24, 2.45) is 0 Å². The maximum Gasteiger partial charge on any atom is 0.335 e. The third-order valence-electron chi connectivity index (χ3n) is 4.52. The molecule has 0 bridgehead atoms. The SMILES string of the molecule is O=C(NCc1ccc(C(=O)O)cc1)NCC1(O)CCc2ccccc21. The molecule has 2 amide bonds. The summed E-state index contributed by atoms with van der Waals surface area (Å²) in [6, 6.07) is 13.6. The van der Waals surface area contributed by atoms with E-state index in [-0.39, 0.29) is 24.7 Å². The van der Waals surface area contributed by atoms with Gasteiger partial charge in [-0.2, -0.15) is 0 Å². The van der Waals surface area contributed by atoms with Crippen molar-refractivity contribution < 1.29 is 19.8 Å². The molecule has 4 N–H and O–H groups in total. The van der Waals surface area contributed by atoms with E-state index >= 15 is 0 Å². The number of aromatic carboxylic acids is 1. The number of hydrogen-bond donors (Lipinski definition) is 4. The van der Waals surface area contributed by atoms with Crippen molar-refractivity contribution in [1.29, 1.82) is 0 Å². The maximum atomic E-state index is 12.0. The molecule has 0 saturated carbocycles.